The minimum atomic E-state index is -0.315. The van der Waals surface area contributed by atoms with Crippen molar-refractivity contribution in [1.82, 2.24) is 0 Å². The largest absolute Gasteiger partial charge is 0.356 e. The lowest BCUT2D eigenvalue weighted by atomic mass is 9.70. The number of rotatable bonds is 5. The third kappa shape index (κ3) is 3.68. The first-order valence-electron chi connectivity index (χ1n) is 14.9. The third-order valence-corrected chi connectivity index (χ3v) is 9.62. The fraction of sp³-hybridized carbons (Fsp3) is 0.200. The highest BCUT2D eigenvalue weighted by Crippen LogP contribution is 2.62. The summed E-state index contributed by atoms with van der Waals surface area (Å²) in [6.07, 6.45) is 2.29. The number of anilines is 2. The van der Waals surface area contributed by atoms with Crippen molar-refractivity contribution in [3.8, 4) is 22.3 Å². The third-order valence-electron chi connectivity index (χ3n) is 9.62. The Hall–Kier alpha value is -4.36. The molecule has 7 rings (SSSR count). The Morgan fingerprint density at radius 1 is 0.610 bits per heavy atom. The first-order chi connectivity index (χ1) is 19.9. The molecule has 1 heteroatoms. The Morgan fingerprint density at radius 2 is 1.10 bits per heavy atom. The number of benzene rings is 5. The van der Waals surface area contributed by atoms with Gasteiger partial charge in [-0.2, -0.15) is 0 Å². The second-order valence-electron chi connectivity index (χ2n) is 12.1. The van der Waals surface area contributed by atoms with E-state index in [4.69, 9.17) is 0 Å². The maximum absolute atomic E-state index is 3.77. The smallest absolute Gasteiger partial charge is 0.0726 e. The normalized spacial score (nSPS) is 14.9. The van der Waals surface area contributed by atoms with E-state index in [1.807, 2.05) is 0 Å². The van der Waals surface area contributed by atoms with Gasteiger partial charge in [0.05, 0.1) is 5.41 Å². The molecule has 0 saturated heterocycles. The summed E-state index contributed by atoms with van der Waals surface area (Å²) in [6, 6.07) is 40.7. The first kappa shape index (κ1) is 25.6. The van der Waals surface area contributed by atoms with Gasteiger partial charge in [0, 0.05) is 11.4 Å². The van der Waals surface area contributed by atoms with Crippen LogP contribution in [0.1, 0.15) is 61.1 Å². The van der Waals surface area contributed by atoms with Crippen LogP contribution in [0.2, 0.25) is 0 Å². The van der Waals surface area contributed by atoms with Gasteiger partial charge in [0.2, 0.25) is 0 Å². The van der Waals surface area contributed by atoms with E-state index in [1.165, 1.54) is 61.2 Å². The molecule has 41 heavy (non-hydrogen) atoms. The van der Waals surface area contributed by atoms with E-state index in [1.54, 1.807) is 0 Å². The van der Waals surface area contributed by atoms with Crippen molar-refractivity contribution in [2.45, 2.75) is 40.0 Å². The highest BCUT2D eigenvalue weighted by atomic mass is 14.9. The van der Waals surface area contributed by atoms with Gasteiger partial charge in [0.15, 0.2) is 0 Å². The van der Waals surface area contributed by atoms with Crippen molar-refractivity contribution in [3.05, 3.63) is 149 Å². The first-order valence-corrected chi connectivity index (χ1v) is 14.9. The fourth-order valence-electron chi connectivity index (χ4n) is 7.43. The molecule has 0 aliphatic heterocycles. The van der Waals surface area contributed by atoms with E-state index >= 15 is 0 Å². The van der Waals surface area contributed by atoms with Crippen molar-refractivity contribution < 1.29 is 0 Å². The molecule has 2 aliphatic carbocycles. The van der Waals surface area contributed by atoms with Gasteiger partial charge in [-0.1, -0.05) is 112 Å². The van der Waals surface area contributed by atoms with E-state index in [9.17, 15) is 0 Å². The van der Waals surface area contributed by atoms with Crippen LogP contribution in [0, 0.1) is 18.8 Å². The predicted molar refractivity (Wildman–Crippen MR) is 175 cm³/mol. The van der Waals surface area contributed by atoms with Crippen molar-refractivity contribution in [3.63, 3.8) is 0 Å². The summed E-state index contributed by atoms with van der Waals surface area (Å²) in [5.41, 5.74) is 16.8. The highest BCUT2D eigenvalue weighted by molar-refractivity contribution is 5.95. The van der Waals surface area contributed by atoms with Crippen molar-refractivity contribution in [2.75, 3.05) is 5.32 Å². The number of fused-ring (bicyclic) bond motifs is 10. The Kier molecular flexibility index (Phi) is 6.01. The molecule has 1 unspecified atom stereocenters. The molecule has 0 saturated carbocycles. The molecule has 0 radical (unpaired) electrons. The summed E-state index contributed by atoms with van der Waals surface area (Å²) >= 11 is 0. The SMILES string of the molecule is C/C=C(/c1ccc(Nc2ccc3c(c2)C2(c4ccccc4-c4ccccc42)c2ccccc2-3)cc1C)C(C)C(C)C. The van der Waals surface area contributed by atoms with E-state index in [0.29, 0.717) is 11.8 Å². The lowest BCUT2D eigenvalue weighted by Crippen LogP contribution is -2.25. The van der Waals surface area contributed by atoms with Gasteiger partial charge in [-0.15, -0.1) is 0 Å². The average molecular weight is 532 g/mol. The Balaban J connectivity index is 1.35. The zero-order chi connectivity index (χ0) is 28.3. The Labute approximate surface area is 244 Å². The molecule has 2 aliphatic rings. The van der Waals surface area contributed by atoms with Crippen LogP contribution >= 0.6 is 0 Å². The number of allylic oxidation sites excluding steroid dienone is 2. The number of aryl methyl sites for hydroxylation is 1. The minimum absolute atomic E-state index is 0.315. The van der Waals surface area contributed by atoms with Crippen LogP contribution in [-0.4, -0.2) is 0 Å². The molecule has 202 valence electrons. The summed E-state index contributed by atoms with van der Waals surface area (Å²) < 4.78 is 0. The van der Waals surface area contributed by atoms with Gasteiger partial charge < -0.3 is 5.32 Å². The summed E-state index contributed by atoms with van der Waals surface area (Å²) in [4.78, 5) is 0. The molecule has 0 fully saturated rings. The lowest BCUT2D eigenvalue weighted by molar-refractivity contribution is 0.517. The summed E-state index contributed by atoms with van der Waals surface area (Å²) in [5, 5.41) is 3.77. The molecule has 0 amide bonds. The quantitative estimate of drug-likeness (QED) is 0.233. The molecule has 1 nitrogen and oxygen atoms in total. The summed E-state index contributed by atoms with van der Waals surface area (Å²) in [7, 11) is 0. The van der Waals surface area contributed by atoms with Crippen LogP contribution < -0.4 is 5.32 Å². The van der Waals surface area contributed by atoms with Crippen molar-refractivity contribution in [1.29, 1.82) is 0 Å². The molecule has 1 atom stereocenters. The molecule has 5 aromatic carbocycles. The second kappa shape index (κ2) is 9.63. The van der Waals surface area contributed by atoms with Gasteiger partial charge in [-0.3, -0.25) is 0 Å². The molecule has 0 bridgehead atoms. The van der Waals surface area contributed by atoms with Gasteiger partial charge in [0.25, 0.3) is 0 Å². The van der Waals surface area contributed by atoms with Gasteiger partial charge in [0.1, 0.15) is 0 Å². The van der Waals surface area contributed by atoms with E-state index < -0.39 is 0 Å². The van der Waals surface area contributed by atoms with E-state index in [0.717, 1.165) is 11.4 Å². The van der Waals surface area contributed by atoms with Crippen molar-refractivity contribution >= 4 is 16.9 Å². The lowest BCUT2D eigenvalue weighted by Gasteiger charge is -2.30. The topological polar surface area (TPSA) is 12.0 Å². The zero-order valence-corrected chi connectivity index (χ0v) is 24.6. The molecular formula is C40H37N. The maximum atomic E-state index is 3.77. The van der Waals surface area contributed by atoms with Gasteiger partial charge in [-0.05, 0) is 111 Å². The summed E-state index contributed by atoms with van der Waals surface area (Å²) in [6.45, 7) is 11.3. The van der Waals surface area contributed by atoms with Crippen LogP contribution in [0.4, 0.5) is 11.4 Å². The number of hydrogen-bond acceptors (Lipinski definition) is 1. The average Bonchev–Trinajstić information content (AvgIpc) is 3.45. The molecule has 1 N–H and O–H groups in total. The summed E-state index contributed by atoms with van der Waals surface area (Å²) in [5.74, 6) is 1.12. The minimum Gasteiger partial charge on any atom is -0.356 e. The fourth-order valence-corrected chi connectivity index (χ4v) is 7.43. The van der Waals surface area contributed by atoms with E-state index in [-0.39, 0.29) is 5.41 Å². The monoisotopic (exact) mass is 531 g/mol. The number of hydrogen-bond donors (Lipinski definition) is 1. The van der Waals surface area contributed by atoms with Crippen LogP contribution in [0.3, 0.4) is 0 Å². The van der Waals surface area contributed by atoms with Gasteiger partial charge >= 0.3 is 0 Å². The Morgan fingerprint density at radius 3 is 1.61 bits per heavy atom. The molecule has 0 heterocycles. The van der Waals surface area contributed by atoms with Crippen LogP contribution in [0.15, 0.2) is 115 Å². The number of nitrogens with one attached hydrogen (secondary N) is 1. The second-order valence-corrected chi connectivity index (χ2v) is 12.1. The highest BCUT2D eigenvalue weighted by Gasteiger charge is 2.51. The standard InChI is InChI=1S/C40H37N/c1-6-30(27(5)25(2)3)31-21-19-28(23-26(31)4)41-29-20-22-35-34-15-9-12-18-38(34)40(39(35)24-29)36-16-10-7-13-32(36)33-14-8-11-17-37(33)40/h6-25,27,41H,1-5H3/b30-6+. The van der Waals surface area contributed by atoms with Crippen LogP contribution in [0.5, 0.6) is 0 Å². The van der Waals surface area contributed by atoms with Crippen molar-refractivity contribution in [2.24, 2.45) is 11.8 Å². The van der Waals surface area contributed by atoms with E-state index in [2.05, 4.69) is 155 Å². The van der Waals surface area contributed by atoms with Gasteiger partial charge in [-0.25, -0.2) is 0 Å². The molecule has 1 spiro atoms. The van der Waals surface area contributed by atoms with Crippen LogP contribution in [-0.2, 0) is 5.41 Å². The van der Waals surface area contributed by atoms with Crippen LogP contribution in [0.25, 0.3) is 27.8 Å². The molecular weight excluding hydrogens is 494 g/mol. The zero-order valence-electron chi connectivity index (χ0n) is 24.6. The molecule has 0 aromatic heterocycles. The Bertz CT molecular complexity index is 1770. The molecule has 5 aromatic rings. The maximum Gasteiger partial charge on any atom is 0.0726 e. The predicted octanol–water partition coefficient (Wildman–Crippen LogP) is 10.8.